The van der Waals surface area contributed by atoms with Gasteiger partial charge < -0.3 is 0 Å². The highest BCUT2D eigenvalue weighted by Crippen LogP contribution is 2.20. The maximum absolute atomic E-state index is 2.16. The van der Waals surface area contributed by atoms with Crippen molar-refractivity contribution in [3.63, 3.8) is 0 Å². The first-order chi connectivity index (χ1) is 7.86. The second kappa shape index (κ2) is 5.57. The summed E-state index contributed by atoms with van der Waals surface area (Å²) in [6.07, 6.45) is 2.16. The maximum atomic E-state index is 2.16. The molecule has 80 valence electrons. The third-order valence-electron chi connectivity index (χ3n) is 2.38. The van der Waals surface area contributed by atoms with Crippen molar-refractivity contribution in [2.45, 2.75) is 11.8 Å². The van der Waals surface area contributed by atoms with Crippen LogP contribution in [0.5, 0.6) is 0 Å². The molecule has 0 spiro atoms. The lowest BCUT2D eigenvalue weighted by molar-refractivity contribution is 1.44. The standard InChI is InChI=1S/C15H14S/c1-13-7-5-6-8-14(13)11-12-16-15-9-3-2-4-10-15/h2-12H,1H3/b12-11-. The van der Waals surface area contributed by atoms with Gasteiger partial charge in [-0.15, -0.1) is 0 Å². The van der Waals surface area contributed by atoms with Crippen LogP contribution in [0.1, 0.15) is 11.1 Å². The number of hydrogen-bond acceptors (Lipinski definition) is 1. The van der Waals surface area contributed by atoms with Crippen molar-refractivity contribution in [2.24, 2.45) is 0 Å². The molecule has 2 aromatic rings. The van der Waals surface area contributed by atoms with Crippen molar-refractivity contribution in [1.82, 2.24) is 0 Å². The van der Waals surface area contributed by atoms with E-state index in [1.165, 1.54) is 16.0 Å². The van der Waals surface area contributed by atoms with E-state index in [4.69, 9.17) is 0 Å². The lowest BCUT2D eigenvalue weighted by Gasteiger charge is -1.98. The molecule has 0 saturated carbocycles. The molecule has 0 saturated heterocycles. The van der Waals surface area contributed by atoms with E-state index in [9.17, 15) is 0 Å². The molecular weight excluding hydrogens is 212 g/mol. The molecule has 0 atom stereocenters. The van der Waals surface area contributed by atoms with E-state index in [-0.39, 0.29) is 0 Å². The molecule has 0 aliphatic heterocycles. The molecule has 1 heteroatoms. The number of hydrogen-bond donors (Lipinski definition) is 0. The molecule has 16 heavy (non-hydrogen) atoms. The summed E-state index contributed by atoms with van der Waals surface area (Å²) in [5, 5.41) is 2.14. The zero-order valence-electron chi connectivity index (χ0n) is 9.26. The first kappa shape index (κ1) is 11.0. The van der Waals surface area contributed by atoms with Gasteiger partial charge in [-0.2, -0.15) is 0 Å². The molecule has 0 bridgehead atoms. The lowest BCUT2D eigenvalue weighted by Crippen LogP contribution is -1.76. The van der Waals surface area contributed by atoms with Gasteiger partial charge in [-0.3, -0.25) is 0 Å². The van der Waals surface area contributed by atoms with Crippen molar-refractivity contribution in [3.05, 3.63) is 71.1 Å². The van der Waals surface area contributed by atoms with E-state index >= 15 is 0 Å². The van der Waals surface area contributed by atoms with Crippen LogP contribution < -0.4 is 0 Å². The molecule has 0 heterocycles. The molecule has 0 N–H and O–H groups in total. The average Bonchev–Trinajstić information content (AvgIpc) is 2.33. The van der Waals surface area contributed by atoms with E-state index in [1.807, 2.05) is 6.07 Å². The van der Waals surface area contributed by atoms with Gasteiger partial charge in [0, 0.05) is 4.90 Å². The Balaban J connectivity index is 2.03. The van der Waals surface area contributed by atoms with Crippen molar-refractivity contribution >= 4 is 17.8 Å². The first-order valence-electron chi connectivity index (χ1n) is 5.30. The largest absolute Gasteiger partial charge is 0.0981 e. The zero-order valence-corrected chi connectivity index (χ0v) is 10.1. The van der Waals surface area contributed by atoms with E-state index in [0.717, 1.165) is 0 Å². The highest BCUT2D eigenvalue weighted by Gasteiger charge is 1.91. The van der Waals surface area contributed by atoms with E-state index in [2.05, 4.69) is 66.9 Å². The van der Waals surface area contributed by atoms with Crippen molar-refractivity contribution in [3.8, 4) is 0 Å². The van der Waals surface area contributed by atoms with Crippen LogP contribution >= 0.6 is 11.8 Å². The smallest absolute Gasteiger partial charge is 0.0116 e. The van der Waals surface area contributed by atoms with Gasteiger partial charge in [-0.05, 0) is 41.7 Å². The number of benzene rings is 2. The first-order valence-corrected chi connectivity index (χ1v) is 6.18. The van der Waals surface area contributed by atoms with Crippen LogP contribution in [-0.2, 0) is 0 Å². The number of thioether (sulfide) groups is 1. The van der Waals surface area contributed by atoms with Gasteiger partial charge in [0.1, 0.15) is 0 Å². The van der Waals surface area contributed by atoms with Gasteiger partial charge in [-0.1, -0.05) is 54.2 Å². The molecule has 0 aromatic heterocycles. The Hall–Kier alpha value is -1.47. The van der Waals surface area contributed by atoms with E-state index in [1.54, 1.807) is 11.8 Å². The van der Waals surface area contributed by atoms with Crippen LogP contribution in [0.3, 0.4) is 0 Å². The summed E-state index contributed by atoms with van der Waals surface area (Å²) in [6, 6.07) is 18.8. The fourth-order valence-corrected chi connectivity index (χ4v) is 2.14. The van der Waals surface area contributed by atoms with Crippen LogP contribution in [0.4, 0.5) is 0 Å². The summed E-state index contributed by atoms with van der Waals surface area (Å²) in [6.45, 7) is 2.13. The highest BCUT2D eigenvalue weighted by molar-refractivity contribution is 8.02. The molecule has 0 nitrogen and oxygen atoms in total. The Morgan fingerprint density at radius 2 is 1.56 bits per heavy atom. The van der Waals surface area contributed by atoms with Gasteiger partial charge in [0.15, 0.2) is 0 Å². The number of aryl methyl sites for hydroxylation is 1. The van der Waals surface area contributed by atoms with Gasteiger partial charge in [0.05, 0.1) is 0 Å². The zero-order chi connectivity index (χ0) is 11.2. The van der Waals surface area contributed by atoms with E-state index in [0.29, 0.717) is 0 Å². The SMILES string of the molecule is Cc1ccccc1/C=C\Sc1ccccc1. The molecular formula is C15H14S. The molecule has 2 rings (SSSR count). The van der Waals surface area contributed by atoms with Crippen LogP contribution in [0, 0.1) is 6.92 Å². The quantitative estimate of drug-likeness (QED) is 0.680. The maximum Gasteiger partial charge on any atom is 0.0116 e. The Kier molecular flexibility index (Phi) is 3.84. The molecule has 0 aliphatic carbocycles. The molecule has 0 unspecified atom stereocenters. The Morgan fingerprint density at radius 3 is 2.31 bits per heavy atom. The summed E-state index contributed by atoms with van der Waals surface area (Å²) in [4.78, 5) is 1.27. The van der Waals surface area contributed by atoms with Gasteiger partial charge >= 0.3 is 0 Å². The van der Waals surface area contributed by atoms with Crippen LogP contribution in [-0.4, -0.2) is 0 Å². The third kappa shape index (κ3) is 3.01. The summed E-state index contributed by atoms with van der Waals surface area (Å²) in [7, 11) is 0. The Bertz CT molecular complexity index is 472. The fourth-order valence-electron chi connectivity index (χ4n) is 1.46. The molecule has 0 radical (unpaired) electrons. The number of rotatable bonds is 3. The van der Waals surface area contributed by atoms with Crippen LogP contribution in [0.25, 0.3) is 6.08 Å². The van der Waals surface area contributed by atoms with Crippen molar-refractivity contribution in [1.29, 1.82) is 0 Å². The minimum absolute atomic E-state index is 1.27. The van der Waals surface area contributed by atoms with E-state index < -0.39 is 0 Å². The second-order valence-electron chi connectivity index (χ2n) is 3.59. The van der Waals surface area contributed by atoms with Gasteiger partial charge in [0.2, 0.25) is 0 Å². The molecule has 0 aliphatic rings. The molecule has 0 amide bonds. The molecule has 0 fully saturated rings. The average molecular weight is 226 g/mol. The fraction of sp³-hybridized carbons (Fsp3) is 0.0667. The van der Waals surface area contributed by atoms with Crippen molar-refractivity contribution in [2.75, 3.05) is 0 Å². The van der Waals surface area contributed by atoms with Gasteiger partial charge in [-0.25, -0.2) is 0 Å². The summed E-state index contributed by atoms with van der Waals surface area (Å²) >= 11 is 1.74. The van der Waals surface area contributed by atoms with Gasteiger partial charge in [0.25, 0.3) is 0 Å². The highest BCUT2D eigenvalue weighted by atomic mass is 32.2. The Labute approximate surface area is 101 Å². The van der Waals surface area contributed by atoms with Crippen LogP contribution in [0.15, 0.2) is 64.9 Å². The minimum Gasteiger partial charge on any atom is -0.0981 e. The predicted molar refractivity (Wildman–Crippen MR) is 72.5 cm³/mol. The summed E-state index contributed by atoms with van der Waals surface area (Å²) in [5.41, 5.74) is 2.60. The summed E-state index contributed by atoms with van der Waals surface area (Å²) < 4.78 is 0. The van der Waals surface area contributed by atoms with Crippen LogP contribution in [0.2, 0.25) is 0 Å². The normalized spacial score (nSPS) is 10.8. The Morgan fingerprint density at radius 1 is 0.875 bits per heavy atom. The second-order valence-corrected chi connectivity index (χ2v) is 4.57. The van der Waals surface area contributed by atoms with Crippen molar-refractivity contribution < 1.29 is 0 Å². The third-order valence-corrected chi connectivity index (χ3v) is 3.20. The minimum atomic E-state index is 1.27. The predicted octanol–water partition coefficient (Wildman–Crippen LogP) is 4.76. The summed E-state index contributed by atoms with van der Waals surface area (Å²) in [5.74, 6) is 0. The lowest BCUT2D eigenvalue weighted by atomic mass is 10.1. The monoisotopic (exact) mass is 226 g/mol. The molecule has 2 aromatic carbocycles. The topological polar surface area (TPSA) is 0 Å².